The zero-order valence-electron chi connectivity index (χ0n) is 14.5. The summed E-state index contributed by atoms with van der Waals surface area (Å²) >= 11 is 0. The van der Waals surface area contributed by atoms with Crippen molar-refractivity contribution in [3.05, 3.63) is 65.2 Å². The molecule has 2 N–H and O–H groups in total. The largest absolute Gasteiger partial charge is 0.352 e. The topological polar surface area (TPSA) is 58.2 Å². The van der Waals surface area contributed by atoms with E-state index in [0.717, 1.165) is 30.5 Å². The maximum Gasteiger partial charge on any atom is 0.227 e. The molecule has 0 aliphatic heterocycles. The van der Waals surface area contributed by atoms with Gasteiger partial charge in [-0.1, -0.05) is 42.0 Å². The molecule has 2 amide bonds. The van der Waals surface area contributed by atoms with Gasteiger partial charge in [0.05, 0.1) is 0 Å². The van der Waals surface area contributed by atoms with Crippen LogP contribution in [0.1, 0.15) is 36.0 Å². The number of carbonyl (C=O) groups is 2. The molecule has 4 heteroatoms. The molecule has 0 unspecified atom stereocenters. The first-order chi connectivity index (χ1) is 12.1. The Kier molecular flexibility index (Phi) is 5.49. The average Bonchev–Trinajstić information content (AvgIpc) is 3.45. The molecule has 1 saturated carbocycles. The van der Waals surface area contributed by atoms with Crippen molar-refractivity contribution >= 4 is 17.5 Å². The Labute approximate surface area is 148 Å². The van der Waals surface area contributed by atoms with Crippen molar-refractivity contribution in [1.29, 1.82) is 0 Å². The van der Waals surface area contributed by atoms with Crippen molar-refractivity contribution in [2.24, 2.45) is 5.92 Å². The minimum atomic E-state index is 0.0352. The fourth-order valence-electron chi connectivity index (χ4n) is 2.65. The van der Waals surface area contributed by atoms with E-state index in [2.05, 4.69) is 41.8 Å². The van der Waals surface area contributed by atoms with Crippen molar-refractivity contribution < 1.29 is 9.59 Å². The van der Waals surface area contributed by atoms with Gasteiger partial charge in [0, 0.05) is 24.6 Å². The number of nitrogens with one attached hydrogen (secondary N) is 2. The van der Waals surface area contributed by atoms with Crippen molar-refractivity contribution in [1.82, 2.24) is 5.32 Å². The van der Waals surface area contributed by atoms with Gasteiger partial charge in [0.25, 0.3) is 0 Å². The van der Waals surface area contributed by atoms with Crippen LogP contribution in [0.2, 0.25) is 0 Å². The van der Waals surface area contributed by atoms with Gasteiger partial charge in [-0.05, 0) is 49.4 Å². The molecule has 1 fully saturated rings. The number of amides is 2. The third kappa shape index (κ3) is 5.45. The van der Waals surface area contributed by atoms with Gasteiger partial charge in [-0.15, -0.1) is 0 Å². The highest BCUT2D eigenvalue weighted by molar-refractivity contribution is 5.94. The van der Waals surface area contributed by atoms with E-state index in [-0.39, 0.29) is 17.7 Å². The third-order valence-corrected chi connectivity index (χ3v) is 4.39. The second-order valence-electron chi connectivity index (χ2n) is 6.73. The van der Waals surface area contributed by atoms with Crippen LogP contribution in [-0.2, 0) is 22.6 Å². The van der Waals surface area contributed by atoms with Crippen molar-refractivity contribution in [2.45, 2.75) is 39.2 Å². The summed E-state index contributed by atoms with van der Waals surface area (Å²) in [6.07, 6.45) is 3.19. The summed E-state index contributed by atoms with van der Waals surface area (Å²) in [5.41, 5.74) is 4.17. The number of hydrogen-bond donors (Lipinski definition) is 2. The summed E-state index contributed by atoms with van der Waals surface area (Å²) in [6.45, 7) is 2.53. The van der Waals surface area contributed by atoms with Crippen LogP contribution in [0.5, 0.6) is 0 Å². The van der Waals surface area contributed by atoms with Gasteiger partial charge in [-0.2, -0.15) is 0 Å². The lowest BCUT2D eigenvalue weighted by Crippen LogP contribution is -2.23. The molecule has 0 bridgehead atoms. The standard InChI is InChI=1S/C21H24N2O2/c1-15-5-7-16(8-6-15)9-12-20(24)22-14-17-3-2-4-19(13-17)23-21(25)18-10-11-18/h2-8,13,18H,9-12,14H2,1H3,(H,22,24)(H,23,25). The van der Waals surface area contributed by atoms with Gasteiger partial charge in [0.2, 0.25) is 11.8 Å². The normalized spacial score (nSPS) is 13.3. The summed E-state index contributed by atoms with van der Waals surface area (Å²) in [7, 11) is 0. The zero-order chi connectivity index (χ0) is 17.6. The smallest absolute Gasteiger partial charge is 0.227 e. The van der Waals surface area contributed by atoms with Crippen LogP contribution in [-0.4, -0.2) is 11.8 Å². The Morgan fingerprint density at radius 1 is 1.04 bits per heavy atom. The van der Waals surface area contributed by atoms with E-state index in [1.807, 2.05) is 24.3 Å². The van der Waals surface area contributed by atoms with E-state index >= 15 is 0 Å². The average molecular weight is 336 g/mol. The van der Waals surface area contributed by atoms with E-state index in [1.54, 1.807) is 0 Å². The molecule has 25 heavy (non-hydrogen) atoms. The second kappa shape index (κ2) is 7.97. The Bertz CT molecular complexity index is 749. The van der Waals surface area contributed by atoms with Crippen LogP contribution in [0.3, 0.4) is 0 Å². The van der Waals surface area contributed by atoms with Gasteiger partial charge in [0.1, 0.15) is 0 Å². The fourth-order valence-corrected chi connectivity index (χ4v) is 2.65. The number of anilines is 1. The highest BCUT2D eigenvalue weighted by atomic mass is 16.2. The summed E-state index contributed by atoms with van der Waals surface area (Å²) in [5.74, 6) is 0.317. The molecule has 130 valence electrons. The molecule has 1 aliphatic rings. The van der Waals surface area contributed by atoms with Crippen LogP contribution >= 0.6 is 0 Å². The van der Waals surface area contributed by atoms with Crippen LogP contribution in [0.25, 0.3) is 0 Å². The molecule has 0 radical (unpaired) electrons. The Morgan fingerprint density at radius 3 is 2.52 bits per heavy atom. The predicted octanol–water partition coefficient (Wildman–Crippen LogP) is 3.59. The Morgan fingerprint density at radius 2 is 1.80 bits per heavy atom. The van der Waals surface area contributed by atoms with Gasteiger partial charge < -0.3 is 10.6 Å². The van der Waals surface area contributed by atoms with Crippen LogP contribution < -0.4 is 10.6 Å². The summed E-state index contributed by atoms with van der Waals surface area (Å²) in [4.78, 5) is 23.8. The molecule has 0 aromatic heterocycles. The summed E-state index contributed by atoms with van der Waals surface area (Å²) in [6, 6.07) is 15.9. The van der Waals surface area contributed by atoms with Crippen molar-refractivity contribution in [3.8, 4) is 0 Å². The fraction of sp³-hybridized carbons (Fsp3) is 0.333. The lowest BCUT2D eigenvalue weighted by molar-refractivity contribution is -0.121. The summed E-state index contributed by atoms with van der Waals surface area (Å²) in [5, 5.41) is 5.88. The SMILES string of the molecule is Cc1ccc(CCC(=O)NCc2cccc(NC(=O)C3CC3)c2)cc1. The second-order valence-corrected chi connectivity index (χ2v) is 6.73. The molecule has 1 aliphatic carbocycles. The molecule has 0 heterocycles. The molecule has 2 aromatic carbocycles. The summed E-state index contributed by atoms with van der Waals surface area (Å²) < 4.78 is 0. The molecule has 3 rings (SSSR count). The maximum atomic E-state index is 12.0. The van der Waals surface area contributed by atoms with Crippen molar-refractivity contribution in [2.75, 3.05) is 5.32 Å². The van der Waals surface area contributed by atoms with Gasteiger partial charge in [0.15, 0.2) is 0 Å². The van der Waals surface area contributed by atoms with E-state index in [4.69, 9.17) is 0 Å². The van der Waals surface area contributed by atoms with E-state index in [0.29, 0.717) is 13.0 Å². The quantitative estimate of drug-likeness (QED) is 0.812. The first-order valence-electron chi connectivity index (χ1n) is 8.82. The number of rotatable bonds is 7. The lowest BCUT2D eigenvalue weighted by Gasteiger charge is -2.09. The van der Waals surface area contributed by atoms with Crippen LogP contribution in [0, 0.1) is 12.8 Å². The minimum absolute atomic E-state index is 0.0352. The zero-order valence-corrected chi connectivity index (χ0v) is 14.5. The first kappa shape index (κ1) is 17.2. The van der Waals surface area contributed by atoms with Crippen molar-refractivity contribution in [3.63, 3.8) is 0 Å². The van der Waals surface area contributed by atoms with Gasteiger partial charge in [-0.3, -0.25) is 9.59 Å². The van der Waals surface area contributed by atoms with Crippen LogP contribution in [0.15, 0.2) is 48.5 Å². The number of aryl methyl sites for hydroxylation is 2. The molecule has 4 nitrogen and oxygen atoms in total. The monoisotopic (exact) mass is 336 g/mol. The molecule has 2 aromatic rings. The highest BCUT2D eigenvalue weighted by Gasteiger charge is 2.29. The van der Waals surface area contributed by atoms with Gasteiger partial charge >= 0.3 is 0 Å². The number of hydrogen-bond acceptors (Lipinski definition) is 2. The van der Waals surface area contributed by atoms with Gasteiger partial charge in [-0.25, -0.2) is 0 Å². The first-order valence-corrected chi connectivity index (χ1v) is 8.82. The minimum Gasteiger partial charge on any atom is -0.352 e. The lowest BCUT2D eigenvalue weighted by atomic mass is 10.1. The molecule has 0 spiro atoms. The van der Waals surface area contributed by atoms with E-state index in [9.17, 15) is 9.59 Å². The Hall–Kier alpha value is -2.62. The number of benzene rings is 2. The third-order valence-electron chi connectivity index (χ3n) is 4.39. The maximum absolute atomic E-state index is 12.0. The predicted molar refractivity (Wildman–Crippen MR) is 99.1 cm³/mol. The molecular weight excluding hydrogens is 312 g/mol. The van der Waals surface area contributed by atoms with Crippen LogP contribution in [0.4, 0.5) is 5.69 Å². The molecule has 0 atom stereocenters. The highest BCUT2D eigenvalue weighted by Crippen LogP contribution is 2.30. The molecule has 0 saturated heterocycles. The Balaban J connectivity index is 1.45. The molecular formula is C21H24N2O2. The van der Waals surface area contributed by atoms with E-state index in [1.165, 1.54) is 11.1 Å². The number of carbonyl (C=O) groups excluding carboxylic acids is 2. The van der Waals surface area contributed by atoms with E-state index < -0.39 is 0 Å².